The van der Waals surface area contributed by atoms with Crippen LogP contribution in [0.5, 0.6) is 0 Å². The fraction of sp³-hybridized carbons (Fsp3) is 0.607. The molecule has 0 aromatic carbocycles. The zero-order valence-electron chi connectivity index (χ0n) is 21.1. The van der Waals surface area contributed by atoms with Gasteiger partial charge >= 0.3 is 0 Å². The van der Waals surface area contributed by atoms with Crippen LogP contribution in [0.1, 0.15) is 81.5 Å². The summed E-state index contributed by atoms with van der Waals surface area (Å²) in [7, 11) is 0. The van der Waals surface area contributed by atoms with Crippen LogP contribution in [0, 0.1) is 28.6 Å². The van der Waals surface area contributed by atoms with Crippen molar-refractivity contribution in [3.05, 3.63) is 52.8 Å². The summed E-state index contributed by atoms with van der Waals surface area (Å²) in [5, 5.41) is 32.4. The fourth-order valence-corrected chi connectivity index (χ4v) is 6.49. The molecule has 4 atom stereocenters. The van der Waals surface area contributed by atoms with Crippen LogP contribution in [0.4, 0.5) is 0 Å². The Morgan fingerprint density at radius 3 is 2.56 bits per heavy atom. The van der Waals surface area contributed by atoms with Crippen LogP contribution >= 0.6 is 0 Å². The molecule has 2 fully saturated rings. The molecule has 3 heterocycles. The van der Waals surface area contributed by atoms with Gasteiger partial charge in [0.15, 0.2) is 11.5 Å². The molecule has 2 bridgehead atoms. The van der Waals surface area contributed by atoms with Crippen LogP contribution < -0.4 is 5.32 Å². The average molecular weight is 493 g/mol. The van der Waals surface area contributed by atoms with E-state index in [1.165, 1.54) is 11.8 Å². The number of ether oxygens (including phenoxy) is 1. The highest BCUT2D eigenvalue weighted by molar-refractivity contribution is 5.92. The lowest BCUT2D eigenvalue weighted by Gasteiger charge is -2.45. The topological polar surface area (TPSA) is 131 Å². The summed E-state index contributed by atoms with van der Waals surface area (Å²) in [6.45, 7) is 4.51. The van der Waals surface area contributed by atoms with Gasteiger partial charge in [-0.1, -0.05) is 26.0 Å². The van der Waals surface area contributed by atoms with Crippen LogP contribution in [0.3, 0.4) is 0 Å². The van der Waals surface area contributed by atoms with Crippen molar-refractivity contribution in [1.82, 2.24) is 15.3 Å². The van der Waals surface area contributed by atoms with Crippen molar-refractivity contribution in [1.29, 1.82) is 5.26 Å². The number of hydrogen-bond acceptors (Lipinski definition) is 6. The summed E-state index contributed by atoms with van der Waals surface area (Å²) in [6.07, 6.45) is 14.8. The number of carbonyl (C=O) groups excluding carboxylic acids is 1. The normalized spacial score (nSPS) is 33.2. The van der Waals surface area contributed by atoms with Crippen LogP contribution in [0.15, 0.2) is 41.3 Å². The molecule has 8 nitrogen and oxygen atoms in total. The molecule has 2 aliphatic heterocycles. The van der Waals surface area contributed by atoms with Gasteiger partial charge in [0.2, 0.25) is 0 Å². The Morgan fingerprint density at radius 2 is 1.97 bits per heavy atom. The van der Waals surface area contributed by atoms with Gasteiger partial charge in [-0.15, -0.1) is 0 Å². The van der Waals surface area contributed by atoms with Crippen molar-refractivity contribution in [3.63, 3.8) is 0 Å². The van der Waals surface area contributed by atoms with E-state index in [9.17, 15) is 15.0 Å². The standard InChI is InChI=1S/C28H36N4O4/c1-26(2)7-5-18(6-8-26)22-11-19(20-12-27(16-33)9-10-28(13-20,17-34)36-27)3-4-23(22)32-25(35)24-30-15-21(14-29)31-24/h3-5,15,19-20,33-34H,6-13,16-17H2,1-2H3,(H,30,31)(H,32,35)/t19?,20-,27+,28-. The molecular formula is C28H36N4O4. The van der Waals surface area contributed by atoms with E-state index < -0.39 is 11.2 Å². The molecule has 2 aliphatic carbocycles. The van der Waals surface area contributed by atoms with E-state index >= 15 is 0 Å². The Labute approximate surface area is 212 Å². The molecule has 0 saturated carbocycles. The van der Waals surface area contributed by atoms with E-state index in [2.05, 4.69) is 41.3 Å². The third-order valence-electron chi connectivity index (χ3n) is 8.71. The van der Waals surface area contributed by atoms with E-state index in [1.54, 1.807) is 0 Å². The number of allylic oxidation sites excluding steroid dienone is 5. The number of aliphatic hydroxyl groups is 2. The van der Waals surface area contributed by atoms with Crippen LogP contribution in [0.25, 0.3) is 0 Å². The van der Waals surface area contributed by atoms with Gasteiger partial charge < -0.3 is 25.3 Å². The van der Waals surface area contributed by atoms with Gasteiger partial charge in [-0.2, -0.15) is 5.26 Å². The number of imidazole rings is 1. The second-order valence-electron chi connectivity index (χ2n) is 11.9. The number of rotatable bonds is 6. The van der Waals surface area contributed by atoms with Crippen LogP contribution in [-0.4, -0.2) is 50.5 Å². The number of carbonyl (C=O) groups is 1. The van der Waals surface area contributed by atoms with Gasteiger partial charge in [0.1, 0.15) is 6.07 Å². The third-order valence-corrected chi connectivity index (χ3v) is 8.71. The number of aromatic amines is 1. The molecular weight excluding hydrogens is 456 g/mol. The fourth-order valence-electron chi connectivity index (χ4n) is 6.49. The highest BCUT2D eigenvalue weighted by Crippen LogP contribution is 2.53. The second kappa shape index (κ2) is 9.29. The molecule has 1 aromatic rings. The SMILES string of the molecule is CC1(C)CC=C(C2=C(NC(=O)c3nc(C#N)c[nH]3)C=CC([C@@H]3C[C@]4(CO)CC[C@](CO)(C3)O4)C2)CC1. The van der Waals surface area contributed by atoms with Gasteiger partial charge in [0, 0.05) is 11.9 Å². The zero-order chi connectivity index (χ0) is 25.6. The molecule has 4 aliphatic rings. The van der Waals surface area contributed by atoms with E-state index in [-0.39, 0.29) is 47.9 Å². The Bertz CT molecular complexity index is 1150. The summed E-state index contributed by atoms with van der Waals surface area (Å²) >= 11 is 0. The van der Waals surface area contributed by atoms with Crippen molar-refractivity contribution >= 4 is 5.91 Å². The maximum Gasteiger partial charge on any atom is 0.291 e. The van der Waals surface area contributed by atoms with Gasteiger partial charge in [0.25, 0.3) is 5.91 Å². The third kappa shape index (κ3) is 4.68. The summed E-state index contributed by atoms with van der Waals surface area (Å²) in [5.41, 5.74) is 2.51. The quantitative estimate of drug-likeness (QED) is 0.479. The highest BCUT2D eigenvalue weighted by atomic mass is 16.6. The minimum Gasteiger partial charge on any atom is -0.393 e. The van der Waals surface area contributed by atoms with Crippen LogP contribution in [0.2, 0.25) is 0 Å². The van der Waals surface area contributed by atoms with Gasteiger partial charge in [0.05, 0.1) is 24.4 Å². The van der Waals surface area contributed by atoms with Gasteiger partial charge in [-0.3, -0.25) is 4.79 Å². The first-order valence-corrected chi connectivity index (χ1v) is 13.0. The summed E-state index contributed by atoms with van der Waals surface area (Å²) < 4.78 is 6.25. The summed E-state index contributed by atoms with van der Waals surface area (Å²) in [5.74, 6) is 0.243. The molecule has 2 saturated heterocycles. The van der Waals surface area contributed by atoms with E-state index in [0.717, 1.165) is 62.6 Å². The van der Waals surface area contributed by atoms with Crippen molar-refractivity contribution in [2.24, 2.45) is 17.3 Å². The lowest BCUT2D eigenvalue weighted by molar-refractivity contribution is -0.190. The molecule has 1 aromatic heterocycles. The Kier molecular flexibility index (Phi) is 6.44. The number of nitrogens with one attached hydrogen (secondary N) is 2. The first-order valence-electron chi connectivity index (χ1n) is 13.0. The van der Waals surface area contributed by atoms with Crippen molar-refractivity contribution < 1.29 is 19.7 Å². The summed E-state index contributed by atoms with van der Waals surface area (Å²) in [4.78, 5) is 19.8. The predicted molar refractivity (Wildman–Crippen MR) is 133 cm³/mol. The smallest absolute Gasteiger partial charge is 0.291 e. The molecule has 36 heavy (non-hydrogen) atoms. The second-order valence-corrected chi connectivity index (χ2v) is 11.9. The van der Waals surface area contributed by atoms with Crippen molar-refractivity contribution in [2.45, 2.75) is 76.4 Å². The van der Waals surface area contributed by atoms with Gasteiger partial charge in [-0.25, -0.2) is 4.98 Å². The average Bonchev–Trinajstić information content (AvgIpc) is 3.47. The zero-order valence-corrected chi connectivity index (χ0v) is 21.1. The molecule has 0 spiro atoms. The first kappa shape index (κ1) is 24.9. The monoisotopic (exact) mass is 492 g/mol. The lowest BCUT2D eigenvalue weighted by Crippen LogP contribution is -2.49. The minimum atomic E-state index is -0.566. The highest BCUT2D eigenvalue weighted by Gasteiger charge is 2.55. The number of nitriles is 1. The molecule has 192 valence electrons. The Morgan fingerprint density at radius 1 is 1.25 bits per heavy atom. The number of H-pyrrole nitrogens is 1. The lowest BCUT2D eigenvalue weighted by atomic mass is 9.70. The minimum absolute atomic E-state index is 0.0280. The maximum atomic E-state index is 12.9. The van der Waals surface area contributed by atoms with Gasteiger partial charge in [-0.05, 0) is 85.8 Å². The summed E-state index contributed by atoms with van der Waals surface area (Å²) in [6, 6.07) is 1.94. The molecule has 0 radical (unpaired) electrons. The Hall–Kier alpha value is -2.73. The van der Waals surface area contributed by atoms with Crippen molar-refractivity contribution in [2.75, 3.05) is 13.2 Å². The number of nitrogens with zero attached hydrogens (tertiary/aromatic N) is 2. The number of fused-ring (bicyclic) bond motifs is 2. The Balaban J connectivity index is 1.42. The first-order chi connectivity index (χ1) is 17.2. The number of aromatic nitrogens is 2. The number of hydrogen-bond donors (Lipinski definition) is 4. The predicted octanol–water partition coefficient (Wildman–Crippen LogP) is 3.66. The van der Waals surface area contributed by atoms with E-state index in [0.29, 0.717) is 0 Å². The molecule has 4 N–H and O–H groups in total. The largest absolute Gasteiger partial charge is 0.393 e. The van der Waals surface area contributed by atoms with Crippen molar-refractivity contribution in [3.8, 4) is 6.07 Å². The number of aliphatic hydroxyl groups excluding tert-OH is 2. The molecule has 8 heteroatoms. The number of amides is 1. The molecule has 1 unspecified atom stereocenters. The maximum absolute atomic E-state index is 12.9. The molecule has 1 amide bonds. The van der Waals surface area contributed by atoms with E-state index in [1.807, 2.05) is 12.1 Å². The van der Waals surface area contributed by atoms with Crippen LogP contribution in [-0.2, 0) is 4.74 Å². The molecule has 5 rings (SSSR count). The van der Waals surface area contributed by atoms with E-state index in [4.69, 9.17) is 10.00 Å².